The molecule has 2 N–H and O–H groups in total. The quantitative estimate of drug-likeness (QED) is 0.794. The summed E-state index contributed by atoms with van der Waals surface area (Å²) in [6.07, 6.45) is -3.70. The van der Waals surface area contributed by atoms with E-state index in [2.05, 4.69) is 21.2 Å². The van der Waals surface area contributed by atoms with Crippen LogP contribution in [0.25, 0.3) is 0 Å². The van der Waals surface area contributed by atoms with E-state index in [-0.39, 0.29) is 12.0 Å². The highest BCUT2D eigenvalue weighted by Crippen LogP contribution is 2.25. The van der Waals surface area contributed by atoms with Crippen molar-refractivity contribution >= 4 is 28.0 Å². The van der Waals surface area contributed by atoms with Crippen LogP contribution < -0.4 is 5.32 Å². The molecule has 5 nitrogen and oxygen atoms in total. The van der Waals surface area contributed by atoms with E-state index in [9.17, 15) is 23.5 Å². The monoisotopic (exact) mass is 393 g/mol. The Balaban J connectivity index is 2.88. The Morgan fingerprint density at radius 2 is 1.91 bits per heavy atom. The third-order valence-corrected chi connectivity index (χ3v) is 3.12. The van der Waals surface area contributed by atoms with Crippen molar-refractivity contribution in [1.82, 2.24) is 5.32 Å². The van der Waals surface area contributed by atoms with E-state index in [0.717, 1.165) is 0 Å². The van der Waals surface area contributed by atoms with E-state index in [1.165, 1.54) is 18.2 Å². The number of carboxylic acid groups (broad SMARTS) is 1. The van der Waals surface area contributed by atoms with Gasteiger partial charge in [-0.05, 0) is 44.5 Å². The summed E-state index contributed by atoms with van der Waals surface area (Å²) in [7, 11) is 0. The number of benzene rings is 1. The molecule has 0 heterocycles. The maximum absolute atomic E-state index is 12.8. The number of carbonyl (C=O) groups is 2. The molecule has 1 aromatic carbocycles. The van der Waals surface area contributed by atoms with Gasteiger partial charge in [0.2, 0.25) is 0 Å². The van der Waals surface area contributed by atoms with Crippen LogP contribution in [0.15, 0.2) is 22.7 Å². The van der Waals surface area contributed by atoms with Crippen molar-refractivity contribution in [2.24, 2.45) is 0 Å². The van der Waals surface area contributed by atoms with Crippen molar-refractivity contribution in [2.45, 2.75) is 45.3 Å². The van der Waals surface area contributed by atoms with Gasteiger partial charge in [-0.1, -0.05) is 15.9 Å². The lowest BCUT2D eigenvalue weighted by atomic mass is 10.0. The van der Waals surface area contributed by atoms with Crippen molar-refractivity contribution in [3.8, 4) is 0 Å². The van der Waals surface area contributed by atoms with E-state index in [0.29, 0.717) is 10.0 Å². The van der Waals surface area contributed by atoms with Crippen LogP contribution in [0.2, 0.25) is 0 Å². The Hall–Kier alpha value is -1.70. The average Bonchev–Trinajstić information content (AvgIpc) is 2.34. The summed E-state index contributed by atoms with van der Waals surface area (Å²) in [6.45, 7) is 4.93. The first-order chi connectivity index (χ1) is 10.5. The molecule has 1 aromatic rings. The number of halogens is 3. The smallest absolute Gasteiger partial charge is 0.408 e. The van der Waals surface area contributed by atoms with E-state index < -0.39 is 30.1 Å². The Bertz CT molecular complexity index is 587. The number of hydrogen-bond donors (Lipinski definition) is 2. The van der Waals surface area contributed by atoms with Crippen LogP contribution in [0, 0.1) is 0 Å². The number of nitrogens with one attached hydrogen (secondary N) is 1. The molecule has 8 heteroatoms. The maximum Gasteiger partial charge on any atom is 0.408 e. The number of ether oxygens (including phenoxy) is 1. The molecule has 1 amide bonds. The largest absolute Gasteiger partial charge is 0.480 e. The van der Waals surface area contributed by atoms with Crippen LogP contribution in [-0.4, -0.2) is 28.8 Å². The second-order valence-electron chi connectivity index (χ2n) is 5.93. The number of aliphatic carboxylic acids is 1. The topological polar surface area (TPSA) is 75.6 Å². The highest BCUT2D eigenvalue weighted by atomic mass is 79.9. The van der Waals surface area contributed by atoms with Gasteiger partial charge in [0.15, 0.2) is 0 Å². The van der Waals surface area contributed by atoms with Crippen molar-refractivity contribution in [2.75, 3.05) is 0 Å². The molecule has 1 rings (SSSR count). The number of carbonyl (C=O) groups excluding carboxylic acids is 1. The molecule has 0 aliphatic carbocycles. The molecule has 0 aliphatic rings. The lowest BCUT2D eigenvalue weighted by Gasteiger charge is -2.22. The molecule has 0 unspecified atom stereocenters. The molecular weight excluding hydrogens is 376 g/mol. The Kier molecular flexibility index (Phi) is 6.49. The van der Waals surface area contributed by atoms with Crippen LogP contribution in [0.3, 0.4) is 0 Å². The number of rotatable bonds is 5. The van der Waals surface area contributed by atoms with E-state index in [1.54, 1.807) is 20.8 Å². The fourth-order valence-electron chi connectivity index (χ4n) is 1.80. The zero-order chi connectivity index (χ0) is 17.8. The highest BCUT2D eigenvalue weighted by Gasteiger charge is 2.24. The molecule has 0 saturated heterocycles. The van der Waals surface area contributed by atoms with Gasteiger partial charge >= 0.3 is 12.1 Å². The van der Waals surface area contributed by atoms with Gasteiger partial charge in [0.05, 0.1) is 0 Å². The number of alkyl halides is 2. The van der Waals surface area contributed by atoms with Gasteiger partial charge in [0.25, 0.3) is 6.43 Å². The molecule has 0 fully saturated rings. The minimum Gasteiger partial charge on any atom is -0.480 e. The van der Waals surface area contributed by atoms with Gasteiger partial charge in [0, 0.05) is 16.5 Å². The normalized spacial score (nSPS) is 12.8. The molecule has 0 saturated carbocycles. The Labute approximate surface area is 141 Å². The van der Waals surface area contributed by atoms with Gasteiger partial charge in [-0.25, -0.2) is 18.4 Å². The molecular formula is C15H18BrF2NO4. The van der Waals surface area contributed by atoms with Gasteiger partial charge < -0.3 is 15.2 Å². The third kappa shape index (κ3) is 6.94. The molecule has 0 radical (unpaired) electrons. The van der Waals surface area contributed by atoms with Crippen molar-refractivity contribution in [3.05, 3.63) is 33.8 Å². The second kappa shape index (κ2) is 7.72. The second-order valence-corrected chi connectivity index (χ2v) is 6.85. The number of hydrogen-bond acceptors (Lipinski definition) is 3. The fourth-order valence-corrected chi connectivity index (χ4v) is 2.36. The molecule has 0 bridgehead atoms. The van der Waals surface area contributed by atoms with Gasteiger partial charge in [-0.2, -0.15) is 0 Å². The van der Waals surface area contributed by atoms with Crippen molar-refractivity contribution in [1.29, 1.82) is 0 Å². The fraction of sp³-hybridized carbons (Fsp3) is 0.467. The summed E-state index contributed by atoms with van der Waals surface area (Å²) < 4.78 is 31.0. The number of carboxylic acids is 1. The summed E-state index contributed by atoms with van der Waals surface area (Å²) in [6, 6.07) is 2.70. The summed E-state index contributed by atoms with van der Waals surface area (Å²) in [5, 5.41) is 11.4. The van der Waals surface area contributed by atoms with Gasteiger partial charge in [0.1, 0.15) is 11.6 Å². The van der Waals surface area contributed by atoms with E-state index in [4.69, 9.17) is 4.74 Å². The van der Waals surface area contributed by atoms with Crippen molar-refractivity contribution < 1.29 is 28.2 Å². The molecule has 128 valence electrons. The zero-order valence-electron chi connectivity index (χ0n) is 12.9. The summed E-state index contributed by atoms with van der Waals surface area (Å²) in [5.41, 5.74) is -0.639. The standard InChI is InChI=1S/C15H18BrF2NO4/c1-15(2,3)23-14(22)19-11(13(20)21)6-8-4-9(12(17)18)7-10(16)5-8/h4-5,7,11-12H,6H2,1-3H3,(H,19,22)(H,20,21)/t11-/m0/s1. The SMILES string of the molecule is CC(C)(C)OC(=O)N[C@@H](Cc1cc(Br)cc(C(F)F)c1)C(=O)O. The highest BCUT2D eigenvalue weighted by molar-refractivity contribution is 9.10. The molecule has 0 aliphatic heterocycles. The lowest BCUT2D eigenvalue weighted by molar-refractivity contribution is -0.139. The van der Waals surface area contributed by atoms with Gasteiger partial charge in [-0.15, -0.1) is 0 Å². The summed E-state index contributed by atoms with van der Waals surface area (Å²) in [4.78, 5) is 23.0. The summed E-state index contributed by atoms with van der Waals surface area (Å²) >= 11 is 3.11. The predicted molar refractivity (Wildman–Crippen MR) is 83.6 cm³/mol. The minimum absolute atomic E-state index is 0.145. The first-order valence-electron chi connectivity index (χ1n) is 6.78. The lowest BCUT2D eigenvalue weighted by Crippen LogP contribution is -2.44. The summed E-state index contributed by atoms with van der Waals surface area (Å²) in [5.74, 6) is -1.28. The molecule has 1 atom stereocenters. The Morgan fingerprint density at radius 1 is 1.30 bits per heavy atom. The first kappa shape index (κ1) is 19.3. The number of amides is 1. The van der Waals surface area contributed by atoms with Crippen LogP contribution in [0.5, 0.6) is 0 Å². The molecule has 0 spiro atoms. The third-order valence-electron chi connectivity index (χ3n) is 2.66. The van der Waals surface area contributed by atoms with Crippen LogP contribution in [-0.2, 0) is 16.0 Å². The van der Waals surface area contributed by atoms with Crippen LogP contribution in [0.1, 0.15) is 38.3 Å². The van der Waals surface area contributed by atoms with E-state index >= 15 is 0 Å². The van der Waals surface area contributed by atoms with E-state index in [1.807, 2.05) is 0 Å². The Morgan fingerprint density at radius 3 is 2.39 bits per heavy atom. The molecule has 0 aromatic heterocycles. The van der Waals surface area contributed by atoms with Crippen LogP contribution in [0.4, 0.5) is 13.6 Å². The van der Waals surface area contributed by atoms with Crippen LogP contribution >= 0.6 is 15.9 Å². The predicted octanol–water partition coefficient (Wildman–Crippen LogP) is 3.91. The maximum atomic E-state index is 12.8. The molecule has 23 heavy (non-hydrogen) atoms. The average molecular weight is 394 g/mol. The number of alkyl carbamates (subject to hydrolysis) is 1. The first-order valence-corrected chi connectivity index (χ1v) is 7.57. The minimum atomic E-state index is -2.67. The zero-order valence-corrected chi connectivity index (χ0v) is 14.5. The van der Waals surface area contributed by atoms with Gasteiger partial charge in [-0.3, -0.25) is 0 Å². The van der Waals surface area contributed by atoms with Crippen molar-refractivity contribution in [3.63, 3.8) is 0 Å².